The van der Waals surface area contributed by atoms with Gasteiger partial charge in [-0.25, -0.2) is 0 Å². The molecule has 0 amide bonds. The lowest BCUT2D eigenvalue weighted by atomic mass is 9.54. The van der Waals surface area contributed by atoms with E-state index in [9.17, 15) is 0 Å². The second-order valence-corrected chi connectivity index (χ2v) is 10.7. The highest BCUT2D eigenvalue weighted by Gasteiger charge is 2.60. The second-order valence-electron chi connectivity index (χ2n) is 10.7. The summed E-state index contributed by atoms with van der Waals surface area (Å²) in [6.45, 7) is 0. The number of hydrogen-bond acceptors (Lipinski definition) is 0. The van der Waals surface area contributed by atoms with Crippen molar-refractivity contribution in [2.45, 2.75) is 64.2 Å². The zero-order valence-electron chi connectivity index (χ0n) is 13.8. The minimum atomic E-state index is 1.07. The fourth-order valence-electron chi connectivity index (χ4n) is 9.68. The van der Waals surface area contributed by atoms with Crippen LogP contribution in [-0.4, -0.2) is 0 Å². The lowest BCUT2D eigenvalue weighted by Gasteiger charge is -2.50. The monoisotopic (exact) mass is 294 g/mol. The molecule has 0 heteroatoms. The highest BCUT2D eigenvalue weighted by atomic mass is 14.6. The molecule has 8 bridgehead atoms. The summed E-state index contributed by atoms with van der Waals surface area (Å²) in [6, 6.07) is 0. The predicted molar refractivity (Wildman–Crippen MR) is 88.1 cm³/mol. The number of allylic oxidation sites excluding steroid dienone is 2. The van der Waals surface area contributed by atoms with Crippen molar-refractivity contribution in [2.24, 2.45) is 59.2 Å². The van der Waals surface area contributed by atoms with Crippen LogP contribution in [0.3, 0.4) is 0 Å². The molecular formula is C22H30. The van der Waals surface area contributed by atoms with Crippen molar-refractivity contribution in [1.82, 2.24) is 0 Å². The Balaban J connectivity index is 1.41. The largest absolute Gasteiger partial charge is 0.0633 e. The highest BCUT2D eigenvalue weighted by Crippen LogP contribution is 2.70. The predicted octanol–water partition coefficient (Wildman–Crippen LogP) is 5.44. The van der Waals surface area contributed by atoms with Crippen molar-refractivity contribution < 1.29 is 0 Å². The van der Waals surface area contributed by atoms with Gasteiger partial charge in [-0.05, 0) is 123 Å². The standard InChI is InChI=1S/C22H30/c1-11-3-15-5-12(1)6-16(4-11)20-19(15)21-17-7-13-2-14(8-17)10-18(9-13)22(20)21/h11-19,21H,1-10H2/t11-,12+,13-,14+,15?,16?,17?,18?,19-,21-. The van der Waals surface area contributed by atoms with E-state index in [4.69, 9.17) is 0 Å². The van der Waals surface area contributed by atoms with Crippen LogP contribution in [-0.2, 0) is 0 Å². The van der Waals surface area contributed by atoms with Crippen LogP contribution in [0.15, 0.2) is 11.1 Å². The van der Waals surface area contributed by atoms with Crippen molar-refractivity contribution in [3.8, 4) is 0 Å². The summed E-state index contributed by atoms with van der Waals surface area (Å²) in [5, 5.41) is 0. The van der Waals surface area contributed by atoms with Crippen LogP contribution in [0.1, 0.15) is 64.2 Å². The lowest BCUT2D eigenvalue weighted by molar-refractivity contribution is 0.0824. The molecule has 0 spiro atoms. The number of hydrogen-bond donors (Lipinski definition) is 0. The topological polar surface area (TPSA) is 0 Å². The maximum absolute atomic E-state index is 2.14. The lowest BCUT2D eigenvalue weighted by Crippen LogP contribution is -2.42. The first-order valence-corrected chi connectivity index (χ1v) is 10.6. The molecular weight excluding hydrogens is 264 g/mol. The van der Waals surface area contributed by atoms with Crippen LogP contribution in [0.5, 0.6) is 0 Å². The summed E-state index contributed by atoms with van der Waals surface area (Å²) in [7, 11) is 0. The van der Waals surface area contributed by atoms with Gasteiger partial charge in [0.05, 0.1) is 0 Å². The normalized spacial score (nSPS) is 63.3. The van der Waals surface area contributed by atoms with E-state index in [0.717, 1.165) is 59.2 Å². The first kappa shape index (κ1) is 12.2. The Bertz CT molecular complexity index is 493. The van der Waals surface area contributed by atoms with E-state index < -0.39 is 0 Å². The quantitative estimate of drug-likeness (QED) is 0.522. The molecule has 0 radical (unpaired) electrons. The second kappa shape index (κ2) is 3.86. The molecule has 10 atom stereocenters. The summed E-state index contributed by atoms with van der Waals surface area (Å²) >= 11 is 0. The molecule has 0 aromatic heterocycles. The Hall–Kier alpha value is -0.260. The molecule has 0 aromatic carbocycles. The summed E-state index contributed by atoms with van der Waals surface area (Å²) < 4.78 is 0. The van der Waals surface area contributed by atoms with Crippen LogP contribution < -0.4 is 0 Å². The highest BCUT2D eigenvalue weighted by molar-refractivity contribution is 5.41. The van der Waals surface area contributed by atoms with Gasteiger partial charge < -0.3 is 0 Å². The summed E-state index contributed by atoms with van der Waals surface area (Å²) in [6.07, 6.45) is 16.2. The minimum absolute atomic E-state index is 1.07. The molecule has 0 aromatic rings. The van der Waals surface area contributed by atoms with E-state index in [1.165, 1.54) is 0 Å². The van der Waals surface area contributed by atoms with Crippen molar-refractivity contribution >= 4 is 0 Å². The van der Waals surface area contributed by atoms with Crippen molar-refractivity contribution in [3.05, 3.63) is 11.1 Å². The van der Waals surface area contributed by atoms with Gasteiger partial charge in [0.15, 0.2) is 0 Å². The van der Waals surface area contributed by atoms with Gasteiger partial charge >= 0.3 is 0 Å². The van der Waals surface area contributed by atoms with Crippen LogP contribution in [0, 0.1) is 59.2 Å². The molecule has 8 saturated carbocycles. The zero-order chi connectivity index (χ0) is 14.0. The average Bonchev–Trinajstić information content (AvgIpc) is 2.65. The van der Waals surface area contributed by atoms with Gasteiger partial charge in [-0.2, -0.15) is 0 Å². The Labute approximate surface area is 135 Å². The Morgan fingerprint density at radius 3 is 1.14 bits per heavy atom. The molecule has 9 aliphatic rings. The van der Waals surface area contributed by atoms with E-state index in [1.54, 1.807) is 64.2 Å². The molecule has 9 rings (SSSR count). The smallest absolute Gasteiger partial charge is 0.0100 e. The van der Waals surface area contributed by atoms with Gasteiger partial charge in [0, 0.05) is 0 Å². The molecule has 4 unspecified atom stereocenters. The molecule has 0 nitrogen and oxygen atoms in total. The summed E-state index contributed by atoms with van der Waals surface area (Å²) in [5.41, 5.74) is 4.27. The SMILES string of the molecule is C1C2C[C@H]3CC(C[C@@H]1C3)[C@H]1C2=C2C3C[C@@H]4CC(C[C@H](C3)C4)[C@H]21. The van der Waals surface area contributed by atoms with E-state index in [0.29, 0.717) is 0 Å². The van der Waals surface area contributed by atoms with E-state index in [-0.39, 0.29) is 0 Å². The van der Waals surface area contributed by atoms with Crippen LogP contribution in [0.4, 0.5) is 0 Å². The van der Waals surface area contributed by atoms with Gasteiger partial charge in [0.2, 0.25) is 0 Å². The molecule has 0 N–H and O–H groups in total. The zero-order valence-corrected chi connectivity index (χ0v) is 13.8. The first-order valence-electron chi connectivity index (χ1n) is 10.6. The summed E-state index contributed by atoms with van der Waals surface area (Å²) in [5.74, 6) is 11.2. The van der Waals surface area contributed by atoms with Gasteiger partial charge in [-0.15, -0.1) is 0 Å². The fraction of sp³-hybridized carbons (Fsp3) is 0.909. The third-order valence-electron chi connectivity index (χ3n) is 9.68. The Kier molecular flexibility index (Phi) is 2.13. The number of rotatable bonds is 0. The molecule has 9 aliphatic carbocycles. The first-order chi connectivity index (χ1) is 10.8. The molecule has 0 heterocycles. The van der Waals surface area contributed by atoms with E-state index in [2.05, 4.69) is 11.1 Å². The van der Waals surface area contributed by atoms with Crippen molar-refractivity contribution in [1.29, 1.82) is 0 Å². The van der Waals surface area contributed by atoms with Gasteiger partial charge in [-0.3, -0.25) is 0 Å². The van der Waals surface area contributed by atoms with Crippen LogP contribution in [0.25, 0.3) is 0 Å². The third kappa shape index (κ3) is 1.35. The average molecular weight is 294 g/mol. The maximum atomic E-state index is 2.14. The molecule has 0 saturated heterocycles. The fourth-order valence-corrected chi connectivity index (χ4v) is 9.68. The van der Waals surface area contributed by atoms with Gasteiger partial charge in [0.1, 0.15) is 0 Å². The molecule has 22 heavy (non-hydrogen) atoms. The molecule has 118 valence electrons. The van der Waals surface area contributed by atoms with Crippen molar-refractivity contribution in [2.75, 3.05) is 0 Å². The van der Waals surface area contributed by atoms with Crippen LogP contribution in [0.2, 0.25) is 0 Å². The summed E-state index contributed by atoms with van der Waals surface area (Å²) in [4.78, 5) is 0. The van der Waals surface area contributed by atoms with E-state index in [1.807, 2.05) is 0 Å². The molecule has 0 aliphatic heterocycles. The Morgan fingerprint density at radius 2 is 0.773 bits per heavy atom. The Morgan fingerprint density at radius 1 is 0.409 bits per heavy atom. The maximum Gasteiger partial charge on any atom is -0.0100 e. The molecule has 8 fully saturated rings. The van der Waals surface area contributed by atoms with E-state index >= 15 is 0 Å². The minimum Gasteiger partial charge on any atom is -0.0633 e. The third-order valence-corrected chi connectivity index (χ3v) is 9.68. The van der Waals surface area contributed by atoms with Crippen LogP contribution >= 0.6 is 0 Å². The van der Waals surface area contributed by atoms with Crippen molar-refractivity contribution in [3.63, 3.8) is 0 Å². The van der Waals surface area contributed by atoms with Gasteiger partial charge in [0.25, 0.3) is 0 Å². The van der Waals surface area contributed by atoms with Gasteiger partial charge in [-0.1, -0.05) is 11.1 Å².